The number of carbonyl (C=O) groups excluding carboxylic acids is 2. The van der Waals surface area contributed by atoms with Crippen molar-refractivity contribution >= 4 is 12.0 Å². The first-order valence-corrected chi connectivity index (χ1v) is 6.15. The van der Waals surface area contributed by atoms with Crippen molar-refractivity contribution in [2.45, 2.75) is 38.0 Å². The summed E-state index contributed by atoms with van der Waals surface area (Å²) < 4.78 is 40.8. The molecule has 1 saturated carbocycles. The van der Waals surface area contributed by atoms with Gasteiger partial charge in [-0.05, 0) is 26.2 Å². The molecule has 116 valence electrons. The second kappa shape index (κ2) is 6.29. The van der Waals surface area contributed by atoms with Gasteiger partial charge in [0.05, 0.1) is 6.54 Å². The maximum atomic E-state index is 11.9. The van der Waals surface area contributed by atoms with Gasteiger partial charge >= 0.3 is 12.3 Å². The van der Waals surface area contributed by atoms with Gasteiger partial charge in [0, 0.05) is 7.05 Å². The van der Waals surface area contributed by atoms with Gasteiger partial charge in [-0.3, -0.25) is 4.79 Å². The first-order valence-electron chi connectivity index (χ1n) is 6.15. The zero-order valence-electron chi connectivity index (χ0n) is 11.3. The molecule has 0 aromatic rings. The van der Waals surface area contributed by atoms with Crippen LogP contribution in [0.1, 0.15) is 26.2 Å². The highest BCUT2D eigenvalue weighted by atomic mass is 19.4. The number of nitrogens with one attached hydrogen (secondary N) is 2. The number of hydrazine groups is 1. The normalized spacial score (nSPS) is 17.1. The van der Waals surface area contributed by atoms with Crippen molar-refractivity contribution in [3.8, 4) is 0 Å². The van der Waals surface area contributed by atoms with Crippen molar-refractivity contribution in [3.05, 3.63) is 0 Å². The van der Waals surface area contributed by atoms with Crippen molar-refractivity contribution in [3.63, 3.8) is 0 Å². The lowest BCUT2D eigenvalue weighted by Crippen LogP contribution is -2.49. The average molecular weight is 297 g/mol. The monoisotopic (exact) mass is 297 g/mol. The van der Waals surface area contributed by atoms with E-state index >= 15 is 0 Å². The van der Waals surface area contributed by atoms with Crippen LogP contribution in [-0.4, -0.2) is 48.9 Å². The molecule has 0 aromatic heterocycles. The summed E-state index contributed by atoms with van der Waals surface area (Å²) in [6.07, 6.45) is -2.59. The molecular weight excluding hydrogens is 279 g/mol. The van der Waals surface area contributed by atoms with Crippen molar-refractivity contribution in [2.24, 2.45) is 0 Å². The molecule has 0 bridgehead atoms. The van der Waals surface area contributed by atoms with Crippen molar-refractivity contribution in [1.29, 1.82) is 0 Å². The Labute approximate surface area is 114 Å². The predicted molar refractivity (Wildman–Crippen MR) is 63.6 cm³/mol. The summed E-state index contributed by atoms with van der Waals surface area (Å²) in [4.78, 5) is 22.7. The SMILES string of the molecule is CN(NCC(=O)NCC(F)(F)F)C(=O)OC1(C)CCC1. The molecule has 9 heteroatoms. The van der Waals surface area contributed by atoms with Crippen LogP contribution in [0.2, 0.25) is 0 Å². The minimum absolute atomic E-state index is 0.446. The van der Waals surface area contributed by atoms with Crippen LogP contribution in [0.25, 0.3) is 0 Å². The Morgan fingerprint density at radius 1 is 1.35 bits per heavy atom. The van der Waals surface area contributed by atoms with Crippen molar-refractivity contribution in [2.75, 3.05) is 20.1 Å². The van der Waals surface area contributed by atoms with E-state index in [-0.39, 0.29) is 0 Å². The largest absolute Gasteiger partial charge is 0.442 e. The van der Waals surface area contributed by atoms with Crippen LogP contribution in [0.4, 0.5) is 18.0 Å². The summed E-state index contributed by atoms with van der Waals surface area (Å²) in [5, 5.41) is 2.62. The fourth-order valence-corrected chi connectivity index (χ4v) is 1.57. The predicted octanol–water partition coefficient (Wildman–Crippen LogP) is 1.18. The van der Waals surface area contributed by atoms with Gasteiger partial charge in [-0.15, -0.1) is 0 Å². The molecule has 0 unspecified atom stereocenters. The van der Waals surface area contributed by atoms with E-state index in [1.165, 1.54) is 7.05 Å². The number of hydrogen-bond acceptors (Lipinski definition) is 4. The molecule has 1 aliphatic carbocycles. The quantitative estimate of drug-likeness (QED) is 0.748. The lowest BCUT2D eigenvalue weighted by Gasteiger charge is -2.38. The van der Waals surface area contributed by atoms with Crippen LogP contribution in [0, 0.1) is 0 Å². The number of hydrogen-bond donors (Lipinski definition) is 2. The van der Waals surface area contributed by atoms with Crippen LogP contribution in [0.15, 0.2) is 0 Å². The minimum atomic E-state index is -4.46. The lowest BCUT2D eigenvalue weighted by atomic mass is 9.82. The Hall–Kier alpha value is -1.51. The number of rotatable bonds is 5. The first kappa shape index (κ1) is 16.5. The summed E-state index contributed by atoms with van der Waals surface area (Å²) >= 11 is 0. The summed E-state index contributed by atoms with van der Waals surface area (Å²) in [6, 6.07) is 0. The zero-order chi connectivity index (χ0) is 15.4. The maximum Gasteiger partial charge on any atom is 0.424 e. The fourth-order valence-electron chi connectivity index (χ4n) is 1.57. The number of halogens is 3. The summed E-state index contributed by atoms with van der Waals surface area (Å²) in [6.45, 7) is -0.0452. The molecule has 0 atom stereocenters. The Morgan fingerprint density at radius 3 is 2.40 bits per heavy atom. The van der Waals surface area contributed by atoms with Crippen LogP contribution in [0.3, 0.4) is 0 Å². The van der Waals surface area contributed by atoms with Gasteiger partial charge in [-0.2, -0.15) is 13.2 Å². The highest BCUT2D eigenvalue weighted by molar-refractivity contribution is 5.78. The molecular formula is C11H18F3N3O3. The van der Waals surface area contributed by atoms with Crippen LogP contribution in [0.5, 0.6) is 0 Å². The van der Waals surface area contributed by atoms with E-state index in [4.69, 9.17) is 4.74 Å². The molecule has 2 amide bonds. The van der Waals surface area contributed by atoms with E-state index in [2.05, 4.69) is 5.43 Å². The zero-order valence-corrected chi connectivity index (χ0v) is 11.3. The van der Waals surface area contributed by atoms with Gasteiger partial charge < -0.3 is 10.1 Å². The number of amides is 2. The summed E-state index contributed by atoms with van der Waals surface area (Å²) in [7, 11) is 1.33. The molecule has 6 nitrogen and oxygen atoms in total. The molecule has 0 spiro atoms. The van der Waals surface area contributed by atoms with Crippen LogP contribution in [-0.2, 0) is 9.53 Å². The van der Waals surface area contributed by atoms with Gasteiger partial charge in [-0.1, -0.05) is 0 Å². The summed E-state index contributed by atoms with van der Waals surface area (Å²) in [5.74, 6) is -0.864. The third-order valence-corrected chi connectivity index (χ3v) is 2.98. The van der Waals surface area contributed by atoms with E-state index in [0.717, 1.165) is 24.3 Å². The molecule has 1 aliphatic rings. The number of carbonyl (C=O) groups is 2. The van der Waals surface area contributed by atoms with E-state index in [0.29, 0.717) is 0 Å². The van der Waals surface area contributed by atoms with Gasteiger partial charge in [0.1, 0.15) is 12.1 Å². The maximum absolute atomic E-state index is 11.9. The third kappa shape index (κ3) is 5.64. The smallest absolute Gasteiger partial charge is 0.424 e. The van der Waals surface area contributed by atoms with Crippen molar-refractivity contribution < 1.29 is 27.5 Å². The Morgan fingerprint density at radius 2 is 1.95 bits per heavy atom. The van der Waals surface area contributed by atoms with Crippen LogP contribution >= 0.6 is 0 Å². The topological polar surface area (TPSA) is 70.7 Å². The van der Waals surface area contributed by atoms with E-state index in [1.54, 1.807) is 12.2 Å². The van der Waals surface area contributed by atoms with Crippen LogP contribution < -0.4 is 10.7 Å². The van der Waals surface area contributed by atoms with Crippen molar-refractivity contribution in [1.82, 2.24) is 15.8 Å². The molecule has 20 heavy (non-hydrogen) atoms. The first-order chi connectivity index (χ1) is 9.11. The summed E-state index contributed by atoms with van der Waals surface area (Å²) in [5.41, 5.74) is 1.89. The van der Waals surface area contributed by atoms with Gasteiger partial charge in [0.25, 0.3) is 0 Å². The van der Waals surface area contributed by atoms with E-state index in [9.17, 15) is 22.8 Å². The molecule has 0 aliphatic heterocycles. The van der Waals surface area contributed by atoms with E-state index in [1.807, 2.05) is 0 Å². The molecule has 0 heterocycles. The Kier molecular flexibility index (Phi) is 5.21. The average Bonchev–Trinajstić information content (AvgIpc) is 2.30. The molecule has 1 fully saturated rings. The molecule has 1 rings (SSSR count). The second-order valence-electron chi connectivity index (χ2n) is 4.96. The minimum Gasteiger partial charge on any atom is -0.442 e. The van der Waals surface area contributed by atoms with E-state index < -0.39 is 36.9 Å². The van der Waals surface area contributed by atoms with Gasteiger partial charge in [0.2, 0.25) is 5.91 Å². The third-order valence-electron chi connectivity index (χ3n) is 2.98. The van der Waals surface area contributed by atoms with Gasteiger partial charge in [-0.25, -0.2) is 15.2 Å². The Bertz CT molecular complexity index is 370. The number of nitrogens with zero attached hydrogens (tertiary/aromatic N) is 1. The molecule has 0 saturated heterocycles. The molecule has 0 aromatic carbocycles. The second-order valence-corrected chi connectivity index (χ2v) is 4.96. The Balaban J connectivity index is 2.23. The molecule has 0 radical (unpaired) electrons. The highest BCUT2D eigenvalue weighted by Gasteiger charge is 2.36. The number of ether oxygens (including phenoxy) is 1. The standard InChI is InChI=1S/C11H18F3N3O3/c1-10(4-3-5-10)20-9(19)17(2)16-6-8(18)15-7-11(12,13)14/h16H,3-7H2,1-2H3,(H,15,18). The molecule has 2 N–H and O–H groups in total. The fraction of sp³-hybridized carbons (Fsp3) is 0.818. The number of alkyl halides is 3. The van der Waals surface area contributed by atoms with Gasteiger partial charge in [0.15, 0.2) is 0 Å². The highest BCUT2D eigenvalue weighted by Crippen LogP contribution is 2.35. The lowest BCUT2D eigenvalue weighted by molar-refractivity contribution is -0.138.